The Bertz CT molecular complexity index is 838. The van der Waals surface area contributed by atoms with Gasteiger partial charge in [-0.25, -0.2) is 0 Å². The fourth-order valence-corrected chi connectivity index (χ4v) is 3.58. The Kier molecular flexibility index (Phi) is 23.5. The van der Waals surface area contributed by atoms with Gasteiger partial charge in [0.1, 0.15) is 5.72 Å². The molecule has 3 rings (SSSR count). The third-order valence-corrected chi connectivity index (χ3v) is 5.25. The van der Waals surface area contributed by atoms with Crippen LogP contribution in [0, 0.1) is 0 Å². The number of rotatable bonds is 8. The van der Waals surface area contributed by atoms with Crippen molar-refractivity contribution in [2.24, 2.45) is 0 Å². The molecule has 2 aromatic rings. The van der Waals surface area contributed by atoms with Crippen molar-refractivity contribution >= 4 is 0 Å². The molecule has 0 amide bonds. The van der Waals surface area contributed by atoms with Crippen molar-refractivity contribution in [3.05, 3.63) is 59.7 Å². The van der Waals surface area contributed by atoms with Gasteiger partial charge in [0, 0.05) is 79.1 Å². The zero-order chi connectivity index (χ0) is 29.8. The predicted octanol–water partition coefficient (Wildman–Crippen LogP) is 3.98. The molecule has 228 valence electrons. The van der Waals surface area contributed by atoms with Crippen molar-refractivity contribution in [1.29, 1.82) is 0 Å². The van der Waals surface area contributed by atoms with E-state index in [0.29, 0.717) is 0 Å². The minimum Gasteiger partial charge on any atom is -0.493 e. The predicted molar refractivity (Wildman–Crippen MR) is 159 cm³/mol. The van der Waals surface area contributed by atoms with Gasteiger partial charge in [-0.2, -0.15) is 0 Å². The minimum atomic E-state index is -0.774. The number of methoxy groups -OCH3 is 2. The summed E-state index contributed by atoms with van der Waals surface area (Å²) in [6.07, 6.45) is 1.81. The first-order valence-electron chi connectivity index (χ1n) is 13.8. The van der Waals surface area contributed by atoms with Crippen molar-refractivity contribution in [3.63, 3.8) is 0 Å². The first kappa shape index (κ1) is 40.7. The molecule has 8 nitrogen and oxygen atoms in total. The molecule has 40 heavy (non-hydrogen) atoms. The van der Waals surface area contributed by atoms with Crippen LogP contribution in [0.2, 0.25) is 0 Å². The molecule has 0 unspecified atom stereocenters. The van der Waals surface area contributed by atoms with Gasteiger partial charge in [0.2, 0.25) is 0 Å². The summed E-state index contributed by atoms with van der Waals surface area (Å²) in [5, 5.41) is 38.4. The number of hydrogen-bond donors (Lipinski definition) is 5. The largest absolute Gasteiger partial charge is 0.493 e. The average Bonchev–Trinajstić information content (AvgIpc) is 2.85. The maximum Gasteiger partial charge on any atom is 0.160 e. The van der Waals surface area contributed by atoms with E-state index >= 15 is 0 Å². The smallest absolute Gasteiger partial charge is 0.160 e. The second kappa shape index (κ2) is 23.1. The zero-order valence-electron chi connectivity index (χ0n) is 25.9. The second-order valence-electron chi connectivity index (χ2n) is 10.4. The fraction of sp³-hybridized carbons (Fsp3) is 0.613. The summed E-state index contributed by atoms with van der Waals surface area (Å²) in [6, 6.07) is 16.5. The molecule has 0 saturated carbocycles. The Morgan fingerprint density at radius 3 is 1.70 bits per heavy atom. The molecule has 0 spiro atoms. The number of aliphatic hydroxyl groups excluding tert-OH is 3. The number of nitrogens with one attached hydrogen (secondary N) is 1. The molecule has 0 aliphatic carbocycles. The van der Waals surface area contributed by atoms with E-state index < -0.39 is 5.72 Å². The van der Waals surface area contributed by atoms with Crippen LogP contribution in [0.4, 0.5) is 0 Å². The van der Waals surface area contributed by atoms with Crippen LogP contribution in [0.3, 0.4) is 0 Å². The fourth-order valence-electron chi connectivity index (χ4n) is 3.58. The van der Waals surface area contributed by atoms with Gasteiger partial charge >= 0.3 is 0 Å². The van der Waals surface area contributed by atoms with Gasteiger partial charge in [-0.3, -0.25) is 10.2 Å². The van der Waals surface area contributed by atoms with E-state index in [0.717, 1.165) is 62.5 Å². The van der Waals surface area contributed by atoms with Crippen LogP contribution in [0.25, 0.3) is 0 Å². The molecule has 0 aromatic heterocycles. The summed E-state index contributed by atoms with van der Waals surface area (Å²) in [6.45, 7) is 13.8. The van der Waals surface area contributed by atoms with Crippen LogP contribution in [0.1, 0.15) is 65.5 Å². The Morgan fingerprint density at radius 1 is 0.775 bits per heavy atom. The van der Waals surface area contributed by atoms with Crippen LogP contribution in [-0.4, -0.2) is 83.2 Å². The summed E-state index contributed by atoms with van der Waals surface area (Å²) in [7, 11) is 3.28. The SMILES string of the molecule is CC(C)O.CC(C)O.CC(C)O.COc1ccc(CCNC2(O)CCN(Cc3ccccc3)CC2)cc1OC.[Ti]. The van der Waals surface area contributed by atoms with Crippen molar-refractivity contribution in [1.82, 2.24) is 10.2 Å². The van der Waals surface area contributed by atoms with Crippen LogP contribution in [0.15, 0.2) is 48.5 Å². The molecule has 1 aliphatic rings. The molecule has 1 heterocycles. The van der Waals surface area contributed by atoms with Gasteiger partial charge in [0.15, 0.2) is 11.5 Å². The Hall–Kier alpha value is -1.49. The Balaban J connectivity index is 0. The van der Waals surface area contributed by atoms with E-state index in [2.05, 4.69) is 34.5 Å². The number of benzene rings is 2. The third-order valence-electron chi connectivity index (χ3n) is 5.25. The minimum absolute atomic E-state index is 0. The van der Waals surface area contributed by atoms with E-state index in [1.54, 1.807) is 55.8 Å². The van der Waals surface area contributed by atoms with Crippen LogP contribution < -0.4 is 14.8 Å². The summed E-state index contributed by atoms with van der Waals surface area (Å²) < 4.78 is 10.6. The summed E-state index contributed by atoms with van der Waals surface area (Å²) in [5.74, 6) is 1.47. The van der Waals surface area contributed by atoms with Gasteiger partial charge in [-0.15, -0.1) is 0 Å². The van der Waals surface area contributed by atoms with E-state index in [1.807, 2.05) is 24.3 Å². The molecule has 1 aliphatic heterocycles. The van der Waals surface area contributed by atoms with Crippen molar-refractivity contribution in [2.45, 2.75) is 91.4 Å². The van der Waals surface area contributed by atoms with Gasteiger partial charge in [0.05, 0.1) is 14.2 Å². The second-order valence-corrected chi connectivity index (χ2v) is 10.4. The van der Waals surface area contributed by atoms with Crippen molar-refractivity contribution in [3.8, 4) is 11.5 Å². The summed E-state index contributed by atoms with van der Waals surface area (Å²) >= 11 is 0. The van der Waals surface area contributed by atoms with E-state index in [1.165, 1.54) is 5.56 Å². The molecule has 0 radical (unpaired) electrons. The number of ether oxygens (including phenoxy) is 2. The molecular formula is C31H54N2O6Ti. The van der Waals surface area contributed by atoms with Gasteiger partial charge in [-0.1, -0.05) is 36.4 Å². The first-order valence-corrected chi connectivity index (χ1v) is 13.8. The summed E-state index contributed by atoms with van der Waals surface area (Å²) in [5.41, 5.74) is 1.71. The first-order chi connectivity index (χ1) is 18.3. The molecule has 9 heteroatoms. The molecule has 2 aromatic carbocycles. The van der Waals surface area contributed by atoms with E-state index in [9.17, 15) is 5.11 Å². The maximum atomic E-state index is 10.8. The average molecular weight is 599 g/mol. The molecule has 0 bridgehead atoms. The molecular weight excluding hydrogens is 544 g/mol. The number of nitrogens with zero attached hydrogens (tertiary/aromatic N) is 1. The standard InChI is InChI=1S/C22H30N2O3.3C3H8O.Ti/c1-26-20-9-8-18(16-21(20)27-2)10-13-23-22(25)11-14-24(15-12-22)17-19-6-4-3-5-7-19;3*1-3(2)4;/h3-9,16,23,25H,10-15,17H2,1-2H3;3*3-4H,1-2H3;. The molecule has 1 fully saturated rings. The van der Waals surface area contributed by atoms with Crippen LogP contribution in [-0.2, 0) is 34.7 Å². The number of piperidine rings is 1. The van der Waals surface area contributed by atoms with Crippen LogP contribution in [0.5, 0.6) is 11.5 Å². The Morgan fingerprint density at radius 2 is 1.25 bits per heavy atom. The van der Waals surface area contributed by atoms with Gasteiger partial charge in [0.25, 0.3) is 0 Å². The van der Waals surface area contributed by atoms with Gasteiger partial charge < -0.3 is 29.9 Å². The quantitative estimate of drug-likeness (QED) is 0.229. The number of aliphatic hydroxyl groups is 4. The van der Waals surface area contributed by atoms with E-state index in [-0.39, 0.29) is 40.0 Å². The third kappa shape index (κ3) is 21.3. The molecule has 1 saturated heterocycles. The zero-order valence-corrected chi connectivity index (χ0v) is 27.4. The monoisotopic (exact) mass is 598 g/mol. The maximum absolute atomic E-state index is 10.8. The van der Waals surface area contributed by atoms with Crippen LogP contribution >= 0.6 is 0 Å². The summed E-state index contributed by atoms with van der Waals surface area (Å²) in [4.78, 5) is 2.40. The normalized spacial score (nSPS) is 14.1. The number of hydrogen-bond acceptors (Lipinski definition) is 8. The molecule has 5 N–H and O–H groups in total. The van der Waals surface area contributed by atoms with Gasteiger partial charge in [-0.05, 0) is 71.2 Å². The van der Waals surface area contributed by atoms with Crippen molar-refractivity contribution in [2.75, 3.05) is 33.9 Å². The Labute approximate surface area is 257 Å². The van der Waals surface area contributed by atoms with Crippen molar-refractivity contribution < 1.29 is 51.6 Å². The number of likely N-dealkylation sites (tertiary alicyclic amines) is 1. The topological polar surface area (TPSA) is 115 Å². The molecule has 0 atom stereocenters. The van der Waals surface area contributed by atoms with E-state index in [4.69, 9.17) is 24.8 Å².